The highest BCUT2D eigenvalue weighted by Gasteiger charge is 2.22. The molecule has 1 heterocycles. The molecule has 0 aromatic heterocycles. The molecule has 3 nitrogen and oxygen atoms in total. The first-order chi connectivity index (χ1) is 8.56. The fourth-order valence-electron chi connectivity index (χ4n) is 2.04. The lowest BCUT2D eigenvalue weighted by atomic mass is 10.00. The van der Waals surface area contributed by atoms with Gasteiger partial charge in [0.05, 0.1) is 4.47 Å². The molecule has 0 atom stereocenters. The molecule has 18 heavy (non-hydrogen) atoms. The van der Waals surface area contributed by atoms with Crippen LogP contribution in [0.1, 0.15) is 25.3 Å². The van der Waals surface area contributed by atoms with Crippen molar-refractivity contribution in [1.29, 1.82) is 0 Å². The highest BCUT2D eigenvalue weighted by atomic mass is 79.9. The summed E-state index contributed by atoms with van der Waals surface area (Å²) in [5.41, 5.74) is 1.13. The van der Waals surface area contributed by atoms with Crippen LogP contribution >= 0.6 is 15.9 Å². The first kappa shape index (κ1) is 13.4. The first-order valence-corrected chi connectivity index (χ1v) is 7.08. The van der Waals surface area contributed by atoms with Gasteiger partial charge in [0.25, 0.3) is 0 Å². The molecule has 0 bridgehead atoms. The number of benzene rings is 1. The summed E-state index contributed by atoms with van der Waals surface area (Å²) < 4.78 is 6.24. The number of piperidine rings is 1. The average molecular weight is 312 g/mol. The van der Waals surface area contributed by atoms with E-state index in [9.17, 15) is 4.79 Å². The van der Waals surface area contributed by atoms with Crippen molar-refractivity contribution in [2.45, 2.75) is 26.7 Å². The van der Waals surface area contributed by atoms with Crippen molar-refractivity contribution in [1.82, 2.24) is 4.90 Å². The van der Waals surface area contributed by atoms with Gasteiger partial charge in [0.1, 0.15) is 5.75 Å². The molecule has 1 aliphatic heterocycles. The Morgan fingerprint density at radius 2 is 2.06 bits per heavy atom. The standard InChI is InChI=1S/C14H18BrNO2/c1-10-5-7-16(8-6-10)14(17)18-13-4-3-11(2)9-12(13)15/h3-4,9-10H,5-8H2,1-2H3. The van der Waals surface area contributed by atoms with Crippen molar-refractivity contribution in [2.75, 3.05) is 13.1 Å². The summed E-state index contributed by atoms with van der Waals surface area (Å²) >= 11 is 3.41. The second-order valence-electron chi connectivity index (χ2n) is 4.97. The van der Waals surface area contributed by atoms with Gasteiger partial charge in [-0.1, -0.05) is 13.0 Å². The zero-order chi connectivity index (χ0) is 13.1. The van der Waals surface area contributed by atoms with Crippen LogP contribution in [0.3, 0.4) is 0 Å². The fourth-order valence-corrected chi connectivity index (χ4v) is 2.61. The number of hydrogen-bond acceptors (Lipinski definition) is 2. The number of amides is 1. The lowest BCUT2D eigenvalue weighted by molar-refractivity contribution is 0.133. The van der Waals surface area contributed by atoms with Gasteiger partial charge in [0.2, 0.25) is 0 Å². The van der Waals surface area contributed by atoms with Gasteiger partial charge in [0, 0.05) is 13.1 Å². The molecule has 4 heteroatoms. The number of hydrogen-bond donors (Lipinski definition) is 0. The van der Waals surface area contributed by atoms with E-state index in [1.165, 1.54) is 0 Å². The Morgan fingerprint density at radius 1 is 1.39 bits per heavy atom. The minimum Gasteiger partial charge on any atom is -0.409 e. The summed E-state index contributed by atoms with van der Waals surface area (Å²) in [6.07, 6.45) is 1.88. The summed E-state index contributed by atoms with van der Waals surface area (Å²) in [6.45, 7) is 5.81. The Hall–Kier alpha value is -1.03. The predicted octanol–water partition coefficient (Wildman–Crippen LogP) is 3.99. The van der Waals surface area contributed by atoms with E-state index < -0.39 is 0 Å². The maximum Gasteiger partial charge on any atom is 0.415 e. The minimum absolute atomic E-state index is 0.244. The highest BCUT2D eigenvalue weighted by Crippen LogP contribution is 2.27. The highest BCUT2D eigenvalue weighted by molar-refractivity contribution is 9.10. The molecule has 98 valence electrons. The van der Waals surface area contributed by atoms with Crippen molar-refractivity contribution in [3.05, 3.63) is 28.2 Å². The molecule has 0 saturated carbocycles. The molecule has 1 amide bonds. The quantitative estimate of drug-likeness (QED) is 0.785. The largest absolute Gasteiger partial charge is 0.415 e. The third kappa shape index (κ3) is 3.25. The summed E-state index contributed by atoms with van der Waals surface area (Å²) in [5, 5.41) is 0. The molecule has 1 fully saturated rings. The fraction of sp³-hybridized carbons (Fsp3) is 0.500. The van der Waals surface area contributed by atoms with E-state index >= 15 is 0 Å². The lowest BCUT2D eigenvalue weighted by Crippen LogP contribution is -2.39. The number of carbonyl (C=O) groups is 1. The first-order valence-electron chi connectivity index (χ1n) is 6.29. The number of aryl methyl sites for hydroxylation is 1. The summed E-state index contributed by atoms with van der Waals surface area (Å²) in [6, 6.07) is 5.70. The van der Waals surface area contributed by atoms with Crippen molar-refractivity contribution in [2.24, 2.45) is 5.92 Å². The van der Waals surface area contributed by atoms with Crippen LogP contribution in [-0.4, -0.2) is 24.1 Å². The Balaban J connectivity index is 1.98. The zero-order valence-corrected chi connectivity index (χ0v) is 12.4. The molecule has 1 aliphatic rings. The summed E-state index contributed by atoms with van der Waals surface area (Å²) in [5.74, 6) is 1.30. The predicted molar refractivity (Wildman–Crippen MR) is 74.9 cm³/mol. The number of ether oxygens (including phenoxy) is 1. The Labute approximate surface area is 116 Å². The van der Waals surface area contributed by atoms with E-state index in [2.05, 4.69) is 22.9 Å². The van der Waals surface area contributed by atoms with Gasteiger partial charge in [-0.15, -0.1) is 0 Å². The molecule has 1 aromatic carbocycles. The van der Waals surface area contributed by atoms with Crippen LogP contribution in [0.2, 0.25) is 0 Å². The molecule has 0 radical (unpaired) electrons. The maximum atomic E-state index is 12.0. The summed E-state index contributed by atoms with van der Waals surface area (Å²) in [4.78, 5) is 13.8. The van der Waals surface area contributed by atoms with Gasteiger partial charge in [-0.3, -0.25) is 0 Å². The van der Waals surface area contributed by atoms with Crippen LogP contribution < -0.4 is 4.74 Å². The number of halogens is 1. The maximum absolute atomic E-state index is 12.0. The van der Waals surface area contributed by atoms with Crippen molar-refractivity contribution >= 4 is 22.0 Å². The second kappa shape index (κ2) is 5.74. The third-order valence-electron chi connectivity index (χ3n) is 3.33. The lowest BCUT2D eigenvalue weighted by Gasteiger charge is -2.29. The van der Waals surface area contributed by atoms with Crippen LogP contribution in [0.25, 0.3) is 0 Å². The monoisotopic (exact) mass is 311 g/mol. The minimum atomic E-state index is -0.244. The number of nitrogens with zero attached hydrogens (tertiary/aromatic N) is 1. The zero-order valence-electron chi connectivity index (χ0n) is 10.8. The molecule has 0 aliphatic carbocycles. The molecule has 2 rings (SSSR count). The van der Waals surface area contributed by atoms with E-state index in [-0.39, 0.29) is 6.09 Å². The normalized spacial score (nSPS) is 16.7. The topological polar surface area (TPSA) is 29.5 Å². The van der Waals surface area contributed by atoms with Crippen molar-refractivity contribution in [3.63, 3.8) is 0 Å². The molecular weight excluding hydrogens is 294 g/mol. The van der Waals surface area contributed by atoms with Gasteiger partial charge in [-0.2, -0.15) is 0 Å². The Kier molecular flexibility index (Phi) is 4.27. The smallest absolute Gasteiger partial charge is 0.409 e. The molecule has 0 spiro atoms. The van der Waals surface area contributed by atoms with Crippen LogP contribution in [0.4, 0.5) is 4.79 Å². The van der Waals surface area contributed by atoms with E-state index in [1.54, 1.807) is 4.90 Å². The van der Waals surface area contributed by atoms with Crippen molar-refractivity contribution in [3.8, 4) is 5.75 Å². The number of rotatable bonds is 1. The van der Waals surface area contributed by atoms with E-state index in [0.29, 0.717) is 11.7 Å². The van der Waals surface area contributed by atoms with Crippen molar-refractivity contribution < 1.29 is 9.53 Å². The third-order valence-corrected chi connectivity index (χ3v) is 3.95. The number of carbonyl (C=O) groups excluding carboxylic acids is 1. The Bertz CT molecular complexity index is 439. The van der Waals surface area contributed by atoms with Crippen LogP contribution in [0, 0.1) is 12.8 Å². The van der Waals surface area contributed by atoms with Gasteiger partial charge < -0.3 is 9.64 Å². The average Bonchev–Trinajstić information content (AvgIpc) is 2.33. The number of likely N-dealkylation sites (tertiary alicyclic amines) is 1. The second-order valence-corrected chi connectivity index (χ2v) is 5.83. The molecular formula is C14H18BrNO2. The Morgan fingerprint density at radius 3 is 2.67 bits per heavy atom. The summed E-state index contributed by atoms with van der Waals surface area (Å²) in [7, 11) is 0. The molecule has 0 N–H and O–H groups in total. The molecule has 0 unspecified atom stereocenters. The van der Waals surface area contributed by atoms with Crippen LogP contribution in [-0.2, 0) is 0 Å². The van der Waals surface area contributed by atoms with E-state index in [1.807, 2.05) is 25.1 Å². The van der Waals surface area contributed by atoms with Crippen LogP contribution in [0.15, 0.2) is 22.7 Å². The van der Waals surface area contributed by atoms with Gasteiger partial charge in [-0.05, 0) is 59.3 Å². The van der Waals surface area contributed by atoms with E-state index in [0.717, 1.165) is 36.0 Å². The van der Waals surface area contributed by atoms with E-state index in [4.69, 9.17) is 4.74 Å². The SMILES string of the molecule is Cc1ccc(OC(=O)N2CCC(C)CC2)c(Br)c1. The van der Waals surface area contributed by atoms with Gasteiger partial charge >= 0.3 is 6.09 Å². The van der Waals surface area contributed by atoms with Crippen LogP contribution in [0.5, 0.6) is 5.75 Å². The van der Waals surface area contributed by atoms with Gasteiger partial charge in [0.15, 0.2) is 0 Å². The van der Waals surface area contributed by atoms with Gasteiger partial charge in [-0.25, -0.2) is 4.79 Å². The molecule has 1 saturated heterocycles. The molecule has 1 aromatic rings.